The minimum Gasteiger partial charge on any atom is -0.497 e. The van der Waals surface area contributed by atoms with Crippen LogP contribution in [0.25, 0.3) is 0 Å². The zero-order valence-electron chi connectivity index (χ0n) is 10.4. The van der Waals surface area contributed by atoms with Gasteiger partial charge in [-0.05, 0) is 23.3 Å². The monoisotopic (exact) mass is 272 g/mol. The Hall–Kier alpha value is -1.99. The maximum atomic E-state index is 11.6. The highest BCUT2D eigenvalue weighted by Crippen LogP contribution is 2.40. The Bertz CT molecular complexity index is 556. The first-order valence-electron chi connectivity index (χ1n) is 5.77. The van der Waals surface area contributed by atoms with Gasteiger partial charge in [0.1, 0.15) is 12.0 Å². The number of ether oxygens (including phenoxy) is 1. The number of benzene rings is 2. The zero-order valence-corrected chi connectivity index (χ0v) is 11.3. The van der Waals surface area contributed by atoms with Crippen molar-refractivity contribution >= 4 is 14.7 Å². The van der Waals surface area contributed by atoms with E-state index in [0.29, 0.717) is 16.9 Å². The van der Waals surface area contributed by atoms with Crippen molar-refractivity contribution in [3.8, 4) is 5.75 Å². The lowest BCUT2D eigenvalue weighted by Gasteiger charge is -2.21. The molecule has 0 aliphatic heterocycles. The first kappa shape index (κ1) is 13.4. The van der Waals surface area contributed by atoms with Crippen molar-refractivity contribution in [2.24, 2.45) is 0 Å². The van der Waals surface area contributed by atoms with Crippen molar-refractivity contribution in [2.75, 3.05) is 7.11 Å². The van der Waals surface area contributed by atoms with Gasteiger partial charge in [-0.25, -0.2) is 0 Å². The Labute approximate surface area is 113 Å². The molecule has 1 atom stereocenters. The van der Waals surface area contributed by atoms with Crippen molar-refractivity contribution in [2.45, 2.75) is 5.16 Å². The summed E-state index contributed by atoms with van der Waals surface area (Å²) in [6.07, 6.45) is 0.721. The Kier molecular flexibility index (Phi) is 4.08. The first-order valence-corrected chi connectivity index (χ1v) is 6.59. The number of methoxy groups -OCH3 is 1. The third kappa shape index (κ3) is 2.42. The molecule has 0 saturated heterocycles. The Morgan fingerprint density at radius 2 is 1.58 bits per heavy atom. The summed E-state index contributed by atoms with van der Waals surface area (Å²) in [6.45, 7) is 0. The minimum absolute atomic E-state index is 0.255. The molecule has 0 aromatic heterocycles. The molecule has 1 unspecified atom stereocenters. The number of aldehydes is 1. The van der Waals surface area contributed by atoms with E-state index in [9.17, 15) is 9.36 Å². The molecule has 2 aromatic rings. The molecule has 2 rings (SSSR count). The van der Waals surface area contributed by atoms with Gasteiger partial charge in [0.15, 0.2) is 13.6 Å². The van der Waals surface area contributed by atoms with Gasteiger partial charge in [0, 0.05) is 0 Å². The average molecular weight is 272 g/mol. The smallest absolute Gasteiger partial charge is 0.179 e. The summed E-state index contributed by atoms with van der Waals surface area (Å²) in [5.41, 5.74) is 1.37. The molecular weight excluding hydrogens is 259 g/mol. The zero-order chi connectivity index (χ0) is 13.7. The van der Waals surface area contributed by atoms with E-state index in [-0.39, 0.29) is 8.46 Å². The van der Waals surface area contributed by atoms with Crippen molar-refractivity contribution in [1.82, 2.24) is 0 Å². The van der Waals surface area contributed by atoms with E-state index >= 15 is 0 Å². The standard InChI is InChI=1S/C15H13O3P/c1-18-14-9-7-13(8-10-14)15(11-16,19-17)12-5-3-2-4-6-12/h2-11H,1H3. The second-order valence-corrected chi connectivity index (χ2v) is 4.96. The number of hydrogen-bond acceptors (Lipinski definition) is 3. The summed E-state index contributed by atoms with van der Waals surface area (Å²) in [5.74, 6) is 0.694. The molecule has 0 heterocycles. The molecule has 96 valence electrons. The lowest BCUT2D eigenvalue weighted by atomic mass is 9.91. The summed E-state index contributed by atoms with van der Waals surface area (Å²) >= 11 is 0. The number of rotatable bonds is 5. The van der Waals surface area contributed by atoms with Crippen LogP contribution in [0.5, 0.6) is 5.75 Å². The van der Waals surface area contributed by atoms with Crippen LogP contribution in [0.15, 0.2) is 54.6 Å². The van der Waals surface area contributed by atoms with Crippen molar-refractivity contribution < 1.29 is 14.1 Å². The number of carbonyl (C=O) groups excluding carboxylic acids is 1. The second kappa shape index (κ2) is 5.77. The van der Waals surface area contributed by atoms with Crippen molar-refractivity contribution in [3.63, 3.8) is 0 Å². The molecule has 0 fully saturated rings. The lowest BCUT2D eigenvalue weighted by Crippen LogP contribution is -2.22. The normalized spacial score (nSPS) is 13.7. The van der Waals surface area contributed by atoms with Gasteiger partial charge in [-0.1, -0.05) is 42.5 Å². The Balaban J connectivity index is 2.55. The topological polar surface area (TPSA) is 43.4 Å². The third-order valence-electron chi connectivity index (χ3n) is 3.06. The van der Waals surface area contributed by atoms with Crippen LogP contribution in [0.2, 0.25) is 0 Å². The predicted octanol–water partition coefficient (Wildman–Crippen LogP) is 3.43. The van der Waals surface area contributed by atoms with Crippen LogP contribution >= 0.6 is 8.46 Å². The fourth-order valence-corrected chi connectivity index (χ4v) is 2.52. The first-order chi connectivity index (χ1) is 9.26. The van der Waals surface area contributed by atoms with Crippen LogP contribution < -0.4 is 4.74 Å². The van der Waals surface area contributed by atoms with E-state index in [1.807, 2.05) is 18.2 Å². The molecule has 0 radical (unpaired) electrons. The quantitative estimate of drug-likeness (QED) is 0.618. The minimum atomic E-state index is -1.16. The van der Waals surface area contributed by atoms with Gasteiger partial charge in [0.25, 0.3) is 0 Å². The lowest BCUT2D eigenvalue weighted by molar-refractivity contribution is -0.109. The van der Waals surface area contributed by atoms with Gasteiger partial charge >= 0.3 is 0 Å². The largest absolute Gasteiger partial charge is 0.497 e. The summed E-state index contributed by atoms with van der Waals surface area (Å²) in [7, 11) is 1.32. The van der Waals surface area contributed by atoms with Gasteiger partial charge in [-0.2, -0.15) is 0 Å². The second-order valence-electron chi connectivity index (χ2n) is 4.07. The molecule has 3 nitrogen and oxygen atoms in total. The van der Waals surface area contributed by atoms with Crippen molar-refractivity contribution in [3.05, 3.63) is 65.7 Å². The number of carbonyl (C=O) groups is 1. The van der Waals surface area contributed by atoms with Crippen molar-refractivity contribution in [1.29, 1.82) is 0 Å². The van der Waals surface area contributed by atoms with Crippen LogP contribution in [0.1, 0.15) is 11.1 Å². The summed E-state index contributed by atoms with van der Waals surface area (Å²) in [5, 5.41) is -1.16. The van der Waals surface area contributed by atoms with E-state index in [0.717, 1.165) is 6.29 Å². The average Bonchev–Trinajstić information content (AvgIpc) is 2.51. The van der Waals surface area contributed by atoms with Crippen LogP contribution in [-0.2, 0) is 14.5 Å². The van der Waals surface area contributed by atoms with E-state index in [2.05, 4.69) is 0 Å². The van der Waals surface area contributed by atoms with Gasteiger partial charge in [-0.3, -0.25) is 4.57 Å². The molecule has 0 amide bonds. The molecule has 0 aliphatic rings. The Morgan fingerprint density at radius 1 is 1.00 bits per heavy atom. The molecule has 2 aromatic carbocycles. The molecule has 19 heavy (non-hydrogen) atoms. The molecule has 0 saturated carbocycles. The molecular formula is C15H13O3P. The predicted molar refractivity (Wildman–Crippen MR) is 73.9 cm³/mol. The molecule has 0 spiro atoms. The molecule has 0 N–H and O–H groups in total. The van der Waals surface area contributed by atoms with Crippen LogP contribution in [0.3, 0.4) is 0 Å². The molecule has 0 bridgehead atoms. The van der Waals surface area contributed by atoms with E-state index in [4.69, 9.17) is 4.74 Å². The van der Waals surface area contributed by atoms with Crippen LogP contribution in [0.4, 0.5) is 0 Å². The van der Waals surface area contributed by atoms with Gasteiger partial charge in [0.2, 0.25) is 0 Å². The highest BCUT2D eigenvalue weighted by molar-refractivity contribution is 7.27. The SMILES string of the molecule is COc1ccc(C(C=O)(P=O)c2ccccc2)cc1. The maximum Gasteiger partial charge on any atom is 0.179 e. The summed E-state index contributed by atoms with van der Waals surface area (Å²) < 4.78 is 16.7. The fraction of sp³-hybridized carbons (Fsp3) is 0.133. The maximum absolute atomic E-state index is 11.6. The van der Waals surface area contributed by atoms with E-state index < -0.39 is 5.16 Å². The van der Waals surface area contributed by atoms with Crippen LogP contribution in [0, 0.1) is 0 Å². The van der Waals surface area contributed by atoms with Crippen LogP contribution in [-0.4, -0.2) is 13.4 Å². The van der Waals surface area contributed by atoms with E-state index in [1.54, 1.807) is 43.5 Å². The van der Waals surface area contributed by atoms with E-state index in [1.165, 1.54) is 0 Å². The highest BCUT2D eigenvalue weighted by atomic mass is 31.1. The number of hydrogen-bond donors (Lipinski definition) is 0. The van der Waals surface area contributed by atoms with Gasteiger partial charge in [0.05, 0.1) is 7.11 Å². The highest BCUT2D eigenvalue weighted by Gasteiger charge is 2.35. The summed E-state index contributed by atoms with van der Waals surface area (Å²) in [6, 6.07) is 16.1. The third-order valence-corrected chi connectivity index (χ3v) is 3.97. The van der Waals surface area contributed by atoms with Gasteiger partial charge < -0.3 is 9.53 Å². The Morgan fingerprint density at radius 3 is 2.05 bits per heavy atom. The summed E-state index contributed by atoms with van der Waals surface area (Å²) in [4.78, 5) is 11.6. The fourth-order valence-electron chi connectivity index (χ4n) is 1.97. The molecule has 4 heteroatoms. The van der Waals surface area contributed by atoms with Gasteiger partial charge in [-0.15, -0.1) is 0 Å². The molecule has 0 aliphatic carbocycles.